The largest absolute Gasteiger partial charge is 0.497 e. The minimum Gasteiger partial charge on any atom is -0.497 e. The van der Waals surface area contributed by atoms with Gasteiger partial charge in [-0.05, 0) is 49.2 Å². The highest BCUT2D eigenvalue weighted by Crippen LogP contribution is 2.16. The van der Waals surface area contributed by atoms with E-state index in [0.29, 0.717) is 0 Å². The van der Waals surface area contributed by atoms with E-state index in [2.05, 4.69) is 51.5 Å². The number of methoxy groups -OCH3 is 1. The second-order valence-electron chi connectivity index (χ2n) is 8.26. The van der Waals surface area contributed by atoms with Gasteiger partial charge in [-0.15, -0.1) is 0 Å². The summed E-state index contributed by atoms with van der Waals surface area (Å²) >= 11 is 0. The van der Waals surface area contributed by atoms with E-state index in [0.717, 1.165) is 57.3 Å². The summed E-state index contributed by atoms with van der Waals surface area (Å²) in [5.74, 6) is 0.883. The number of nitrogens with zero attached hydrogens (tertiary/aromatic N) is 2. The van der Waals surface area contributed by atoms with E-state index in [-0.39, 0.29) is 0 Å². The van der Waals surface area contributed by atoms with Crippen molar-refractivity contribution in [3.63, 3.8) is 0 Å². The maximum Gasteiger partial charge on any atom is 0.118 e. The average molecular weight is 384 g/mol. The first-order valence-corrected chi connectivity index (χ1v) is 10.0. The van der Waals surface area contributed by atoms with Crippen molar-refractivity contribution in [3.8, 4) is 5.75 Å². The van der Waals surface area contributed by atoms with E-state index < -0.39 is 5.60 Å². The quantitative estimate of drug-likeness (QED) is 0.733. The molecule has 0 atom stereocenters. The van der Waals surface area contributed by atoms with Crippen LogP contribution in [-0.4, -0.2) is 60.3 Å². The predicted molar refractivity (Wildman–Crippen MR) is 115 cm³/mol. The summed E-state index contributed by atoms with van der Waals surface area (Å²) in [5, 5.41) is 13.4. The molecule has 1 fully saturated rings. The molecule has 152 valence electrons. The molecule has 2 N–H and O–H groups in total. The maximum atomic E-state index is 9.97. The molecule has 0 spiro atoms. The molecule has 5 nitrogen and oxygen atoms in total. The van der Waals surface area contributed by atoms with Gasteiger partial charge in [-0.25, -0.2) is 0 Å². The first kappa shape index (κ1) is 20.6. The second-order valence-corrected chi connectivity index (χ2v) is 8.26. The Morgan fingerprint density at radius 1 is 0.893 bits per heavy atom. The minimum absolute atomic E-state index is 0.614. The van der Waals surface area contributed by atoms with Crippen molar-refractivity contribution in [2.45, 2.75) is 32.5 Å². The molecule has 5 heteroatoms. The predicted octanol–water partition coefficient (Wildman–Crippen LogP) is 3.20. The lowest BCUT2D eigenvalue weighted by molar-refractivity contribution is 0.0167. The normalized spacial score (nSPS) is 16.1. The number of piperazine rings is 1. The molecule has 3 rings (SSSR count). The molecule has 1 aliphatic heterocycles. The molecule has 0 amide bonds. The third-order valence-electron chi connectivity index (χ3n) is 5.09. The van der Waals surface area contributed by atoms with Crippen molar-refractivity contribution in [1.29, 1.82) is 0 Å². The van der Waals surface area contributed by atoms with Gasteiger partial charge in [0.05, 0.1) is 12.7 Å². The molecule has 0 radical (unpaired) electrons. The zero-order valence-corrected chi connectivity index (χ0v) is 17.3. The van der Waals surface area contributed by atoms with Gasteiger partial charge in [-0.2, -0.15) is 0 Å². The molecule has 0 bridgehead atoms. The van der Waals surface area contributed by atoms with Crippen molar-refractivity contribution >= 4 is 5.69 Å². The zero-order valence-electron chi connectivity index (χ0n) is 17.3. The highest BCUT2D eigenvalue weighted by molar-refractivity contribution is 5.45. The van der Waals surface area contributed by atoms with Gasteiger partial charge in [-0.3, -0.25) is 9.80 Å². The number of hydrogen-bond acceptors (Lipinski definition) is 5. The van der Waals surface area contributed by atoms with Crippen LogP contribution in [-0.2, 0) is 13.1 Å². The van der Waals surface area contributed by atoms with E-state index in [4.69, 9.17) is 4.74 Å². The van der Waals surface area contributed by atoms with Crippen molar-refractivity contribution in [3.05, 3.63) is 59.7 Å². The molecule has 28 heavy (non-hydrogen) atoms. The second kappa shape index (κ2) is 9.41. The monoisotopic (exact) mass is 383 g/mol. The van der Waals surface area contributed by atoms with Crippen LogP contribution in [0.1, 0.15) is 25.0 Å². The summed E-state index contributed by atoms with van der Waals surface area (Å²) in [6.45, 7) is 10.4. The van der Waals surface area contributed by atoms with Gasteiger partial charge < -0.3 is 15.2 Å². The van der Waals surface area contributed by atoms with Gasteiger partial charge in [0.25, 0.3) is 0 Å². The SMILES string of the molecule is COc1ccc(CNc2ccc(CN3CCN(CC(C)(C)O)CC3)cc2)cc1. The highest BCUT2D eigenvalue weighted by atomic mass is 16.5. The van der Waals surface area contributed by atoms with E-state index in [1.165, 1.54) is 11.1 Å². The number of β-amino-alcohol motifs (C(OH)–C–C–N with tert-alkyl or cyclic N) is 1. The van der Waals surface area contributed by atoms with E-state index in [1.54, 1.807) is 7.11 Å². The number of benzene rings is 2. The summed E-state index contributed by atoms with van der Waals surface area (Å²) in [6.07, 6.45) is 0. The molecule has 1 saturated heterocycles. The van der Waals surface area contributed by atoms with Crippen LogP contribution in [0.5, 0.6) is 5.75 Å². The molecule has 2 aromatic rings. The van der Waals surface area contributed by atoms with E-state index in [9.17, 15) is 5.11 Å². The number of rotatable bonds is 8. The zero-order chi connectivity index (χ0) is 20.0. The Balaban J connectivity index is 1.43. The van der Waals surface area contributed by atoms with E-state index >= 15 is 0 Å². The molecule has 1 aliphatic rings. The smallest absolute Gasteiger partial charge is 0.118 e. The summed E-state index contributed by atoms with van der Waals surface area (Å²) in [4.78, 5) is 4.84. The lowest BCUT2D eigenvalue weighted by atomic mass is 10.1. The van der Waals surface area contributed by atoms with Crippen LogP contribution in [0.25, 0.3) is 0 Å². The highest BCUT2D eigenvalue weighted by Gasteiger charge is 2.22. The van der Waals surface area contributed by atoms with Crippen LogP contribution in [0.2, 0.25) is 0 Å². The van der Waals surface area contributed by atoms with Crippen LogP contribution in [0.4, 0.5) is 5.69 Å². The van der Waals surface area contributed by atoms with Gasteiger partial charge in [0.1, 0.15) is 5.75 Å². The molecule has 0 saturated carbocycles. The number of ether oxygens (including phenoxy) is 1. The van der Waals surface area contributed by atoms with Gasteiger partial charge in [0.2, 0.25) is 0 Å². The number of aliphatic hydroxyl groups is 1. The molecule has 1 heterocycles. The van der Waals surface area contributed by atoms with Crippen LogP contribution in [0, 0.1) is 0 Å². The van der Waals surface area contributed by atoms with Crippen LogP contribution >= 0.6 is 0 Å². The Labute approximate surface area is 168 Å². The summed E-state index contributed by atoms with van der Waals surface area (Å²) < 4.78 is 5.20. The Morgan fingerprint density at radius 2 is 1.46 bits per heavy atom. The lowest BCUT2D eigenvalue weighted by Crippen LogP contribution is -2.50. The molecule has 2 aromatic carbocycles. The van der Waals surface area contributed by atoms with Crippen molar-refractivity contribution < 1.29 is 9.84 Å². The minimum atomic E-state index is -0.614. The summed E-state index contributed by atoms with van der Waals surface area (Å²) in [7, 11) is 1.69. The fourth-order valence-electron chi connectivity index (χ4n) is 3.59. The lowest BCUT2D eigenvalue weighted by Gasteiger charge is -2.37. The first-order chi connectivity index (χ1) is 13.4. The molecule has 0 aliphatic carbocycles. The fraction of sp³-hybridized carbons (Fsp3) is 0.478. The Bertz CT molecular complexity index is 715. The van der Waals surface area contributed by atoms with Crippen molar-refractivity contribution in [2.24, 2.45) is 0 Å². The fourth-order valence-corrected chi connectivity index (χ4v) is 3.59. The van der Waals surface area contributed by atoms with Gasteiger partial charge in [0.15, 0.2) is 0 Å². The Morgan fingerprint density at radius 3 is 2.04 bits per heavy atom. The molecule has 0 aromatic heterocycles. The maximum absolute atomic E-state index is 9.97. The summed E-state index contributed by atoms with van der Waals surface area (Å²) in [5.41, 5.74) is 3.09. The van der Waals surface area contributed by atoms with Gasteiger partial charge in [0, 0.05) is 51.5 Å². The number of anilines is 1. The topological polar surface area (TPSA) is 48.0 Å². The molecular formula is C23H33N3O2. The summed E-state index contributed by atoms with van der Waals surface area (Å²) in [6, 6.07) is 16.9. The number of hydrogen-bond donors (Lipinski definition) is 2. The first-order valence-electron chi connectivity index (χ1n) is 10.0. The van der Waals surface area contributed by atoms with Crippen molar-refractivity contribution in [2.75, 3.05) is 45.2 Å². The molecular weight excluding hydrogens is 350 g/mol. The molecule has 0 unspecified atom stereocenters. The third-order valence-corrected chi connectivity index (χ3v) is 5.09. The standard InChI is InChI=1S/C23H33N3O2/c1-23(2,27)18-26-14-12-25(13-15-26)17-20-4-8-21(9-5-20)24-16-19-6-10-22(28-3)11-7-19/h4-11,24,27H,12-18H2,1-3H3. The van der Waals surface area contributed by atoms with Crippen LogP contribution in [0.15, 0.2) is 48.5 Å². The Hall–Kier alpha value is -2.08. The van der Waals surface area contributed by atoms with Crippen molar-refractivity contribution in [1.82, 2.24) is 9.80 Å². The Kier molecular flexibility index (Phi) is 6.94. The van der Waals surface area contributed by atoms with Crippen LogP contribution < -0.4 is 10.1 Å². The third kappa shape index (κ3) is 6.51. The van der Waals surface area contributed by atoms with Gasteiger partial charge >= 0.3 is 0 Å². The van der Waals surface area contributed by atoms with Gasteiger partial charge in [-0.1, -0.05) is 24.3 Å². The van der Waals surface area contributed by atoms with E-state index in [1.807, 2.05) is 26.0 Å². The van der Waals surface area contributed by atoms with Crippen LogP contribution in [0.3, 0.4) is 0 Å². The number of nitrogens with one attached hydrogen (secondary N) is 1. The average Bonchev–Trinajstić information content (AvgIpc) is 2.68.